The van der Waals surface area contributed by atoms with Crippen LogP contribution < -0.4 is 4.74 Å². The predicted octanol–water partition coefficient (Wildman–Crippen LogP) is 7.14. The molecule has 5 nitrogen and oxygen atoms in total. The molecule has 0 saturated heterocycles. The van der Waals surface area contributed by atoms with Crippen molar-refractivity contribution in [2.24, 2.45) is 5.92 Å². The first-order valence-corrected chi connectivity index (χ1v) is 13.2. The quantitative estimate of drug-likeness (QED) is 0.217. The van der Waals surface area contributed by atoms with Crippen LogP contribution in [-0.2, 0) is 25.3 Å². The highest BCUT2D eigenvalue weighted by atomic mass is 35.5. The highest BCUT2D eigenvalue weighted by molar-refractivity contribution is 7.98. The predicted molar refractivity (Wildman–Crippen MR) is 137 cm³/mol. The minimum atomic E-state index is 0.392. The first-order chi connectivity index (χ1) is 16.0. The average molecular weight is 499 g/mol. The van der Waals surface area contributed by atoms with Gasteiger partial charge in [0, 0.05) is 28.3 Å². The number of nitrogens with zero attached hydrogens (tertiary/aromatic N) is 4. The lowest BCUT2D eigenvalue weighted by atomic mass is 10.2. The average Bonchev–Trinajstić information content (AvgIpc) is 3.44. The van der Waals surface area contributed by atoms with E-state index < -0.39 is 0 Å². The number of ether oxygens (including phenoxy) is 1. The largest absolute Gasteiger partial charge is 0.486 e. The van der Waals surface area contributed by atoms with Gasteiger partial charge < -0.3 is 9.30 Å². The van der Waals surface area contributed by atoms with Crippen molar-refractivity contribution in [3.8, 4) is 16.3 Å². The van der Waals surface area contributed by atoms with Crippen molar-refractivity contribution in [1.82, 2.24) is 19.7 Å². The Kier molecular flexibility index (Phi) is 8.06. The molecule has 2 aromatic heterocycles. The van der Waals surface area contributed by atoms with Crippen molar-refractivity contribution in [2.45, 2.75) is 51.3 Å². The second-order valence-electron chi connectivity index (χ2n) is 8.13. The van der Waals surface area contributed by atoms with Gasteiger partial charge in [-0.15, -0.1) is 21.5 Å². The lowest BCUT2D eigenvalue weighted by Gasteiger charge is -2.13. The first kappa shape index (κ1) is 23.8. The smallest absolute Gasteiger partial charge is 0.191 e. The number of aryl methyl sites for hydroxylation is 1. The Morgan fingerprint density at radius 1 is 1.06 bits per heavy atom. The molecule has 0 aliphatic heterocycles. The second-order valence-corrected chi connectivity index (χ2v) is 10.4. The Bertz CT molecular complexity index is 1170. The maximum absolute atomic E-state index is 6.00. The van der Waals surface area contributed by atoms with E-state index in [1.807, 2.05) is 36.4 Å². The van der Waals surface area contributed by atoms with Crippen LogP contribution in [0.2, 0.25) is 5.02 Å². The minimum Gasteiger partial charge on any atom is -0.486 e. The molecule has 0 amide bonds. The number of thioether (sulfide) groups is 1. The summed E-state index contributed by atoms with van der Waals surface area (Å²) in [5, 5.41) is 13.6. The van der Waals surface area contributed by atoms with Crippen molar-refractivity contribution in [3.63, 3.8) is 0 Å². The summed E-state index contributed by atoms with van der Waals surface area (Å²) in [6, 6.07) is 16.0. The Morgan fingerprint density at radius 2 is 1.82 bits per heavy atom. The van der Waals surface area contributed by atoms with Gasteiger partial charge in [0.2, 0.25) is 0 Å². The van der Waals surface area contributed by atoms with E-state index in [-0.39, 0.29) is 0 Å². The molecule has 0 N–H and O–H groups in total. The van der Waals surface area contributed by atoms with Crippen LogP contribution >= 0.6 is 34.7 Å². The maximum Gasteiger partial charge on any atom is 0.191 e. The zero-order chi connectivity index (χ0) is 23.2. The molecule has 0 bridgehead atoms. The van der Waals surface area contributed by atoms with Crippen molar-refractivity contribution in [3.05, 3.63) is 76.0 Å². The van der Waals surface area contributed by atoms with Crippen LogP contribution in [0.15, 0.2) is 59.1 Å². The molecule has 33 heavy (non-hydrogen) atoms. The molecule has 0 spiro atoms. The van der Waals surface area contributed by atoms with Crippen LogP contribution in [0, 0.1) is 5.92 Å². The molecule has 4 aromatic rings. The summed E-state index contributed by atoms with van der Waals surface area (Å²) in [6.07, 6.45) is 1.02. The number of rotatable bonds is 10. The number of thiazole rings is 1. The van der Waals surface area contributed by atoms with E-state index in [2.05, 4.69) is 53.0 Å². The molecule has 2 heterocycles. The zero-order valence-electron chi connectivity index (χ0n) is 19.0. The van der Waals surface area contributed by atoms with Crippen molar-refractivity contribution in [1.29, 1.82) is 0 Å². The first-order valence-electron chi connectivity index (χ1n) is 11.0. The summed E-state index contributed by atoms with van der Waals surface area (Å²) in [5.41, 5.74) is 3.41. The van der Waals surface area contributed by atoms with Crippen LogP contribution in [0.25, 0.3) is 10.6 Å². The van der Waals surface area contributed by atoms with Gasteiger partial charge in [-0.25, -0.2) is 4.98 Å². The van der Waals surface area contributed by atoms with Crippen LogP contribution in [0.4, 0.5) is 0 Å². The summed E-state index contributed by atoms with van der Waals surface area (Å²) >= 11 is 9.30. The maximum atomic E-state index is 6.00. The van der Waals surface area contributed by atoms with E-state index in [0.29, 0.717) is 12.5 Å². The van der Waals surface area contributed by atoms with Gasteiger partial charge in [-0.3, -0.25) is 0 Å². The minimum absolute atomic E-state index is 0.392. The van der Waals surface area contributed by atoms with Crippen molar-refractivity contribution >= 4 is 34.7 Å². The molecule has 0 unspecified atom stereocenters. The number of hydrogen-bond donors (Lipinski definition) is 0. The van der Waals surface area contributed by atoms with Gasteiger partial charge in [-0.2, -0.15) is 0 Å². The van der Waals surface area contributed by atoms with Crippen LogP contribution in [0.5, 0.6) is 5.75 Å². The zero-order valence-corrected chi connectivity index (χ0v) is 21.4. The number of halogens is 1. The van der Waals surface area contributed by atoms with Crippen molar-refractivity contribution < 1.29 is 4.74 Å². The van der Waals surface area contributed by atoms with Gasteiger partial charge >= 0.3 is 0 Å². The Balaban J connectivity index is 1.42. The molecule has 0 atom stereocenters. The fourth-order valence-electron chi connectivity index (χ4n) is 3.29. The molecular formula is C25H27ClN4OS2. The van der Waals surface area contributed by atoms with E-state index in [4.69, 9.17) is 21.3 Å². The molecule has 0 aliphatic rings. The molecule has 4 rings (SSSR count). The van der Waals surface area contributed by atoms with E-state index in [0.717, 1.165) is 56.7 Å². The van der Waals surface area contributed by atoms with Crippen LogP contribution in [0.3, 0.4) is 0 Å². The van der Waals surface area contributed by atoms with Gasteiger partial charge in [0.25, 0.3) is 0 Å². The molecule has 0 radical (unpaired) electrons. The third kappa shape index (κ3) is 6.37. The standard InChI is InChI=1S/C25H27ClN4OS2/c1-4-18-5-11-22(12-6-18)31-14-23-28-29-25(30(23)13-17(2)3)33-16-21-15-32-24(27-21)19-7-9-20(26)10-8-19/h5-12,15,17H,4,13-14,16H2,1-3H3. The van der Waals surface area contributed by atoms with Crippen molar-refractivity contribution in [2.75, 3.05) is 0 Å². The van der Waals surface area contributed by atoms with Gasteiger partial charge in [0.1, 0.15) is 17.4 Å². The Labute approximate surface area is 208 Å². The van der Waals surface area contributed by atoms with Gasteiger partial charge in [0.05, 0.1) is 5.69 Å². The third-order valence-electron chi connectivity index (χ3n) is 5.03. The van der Waals surface area contributed by atoms with E-state index in [9.17, 15) is 0 Å². The highest BCUT2D eigenvalue weighted by Gasteiger charge is 2.16. The summed E-state index contributed by atoms with van der Waals surface area (Å²) in [6.45, 7) is 7.77. The molecule has 2 aromatic carbocycles. The normalized spacial score (nSPS) is 11.3. The van der Waals surface area contributed by atoms with E-state index in [1.54, 1.807) is 23.1 Å². The van der Waals surface area contributed by atoms with Gasteiger partial charge in [-0.05, 0) is 42.2 Å². The van der Waals surface area contributed by atoms with E-state index >= 15 is 0 Å². The molecule has 8 heteroatoms. The summed E-state index contributed by atoms with van der Waals surface area (Å²) < 4.78 is 8.17. The summed E-state index contributed by atoms with van der Waals surface area (Å²) in [4.78, 5) is 4.79. The molecule has 0 saturated carbocycles. The highest BCUT2D eigenvalue weighted by Crippen LogP contribution is 2.29. The molecule has 0 fully saturated rings. The number of aromatic nitrogens is 4. The third-order valence-corrected chi connectivity index (χ3v) is 7.23. The lowest BCUT2D eigenvalue weighted by Crippen LogP contribution is -2.12. The van der Waals surface area contributed by atoms with Crippen LogP contribution in [-0.4, -0.2) is 19.7 Å². The Hall–Kier alpha value is -2.35. The fourth-order valence-corrected chi connectivity index (χ4v) is 5.20. The summed E-state index contributed by atoms with van der Waals surface area (Å²) in [7, 11) is 0. The molecular weight excluding hydrogens is 472 g/mol. The van der Waals surface area contributed by atoms with E-state index in [1.165, 1.54) is 5.56 Å². The molecule has 0 aliphatic carbocycles. The topological polar surface area (TPSA) is 52.8 Å². The van der Waals surface area contributed by atoms with Gasteiger partial charge in [0.15, 0.2) is 11.0 Å². The van der Waals surface area contributed by atoms with Gasteiger partial charge in [-0.1, -0.05) is 68.4 Å². The second kappa shape index (κ2) is 11.2. The lowest BCUT2D eigenvalue weighted by molar-refractivity contribution is 0.284. The SMILES string of the molecule is CCc1ccc(OCc2nnc(SCc3csc(-c4ccc(Cl)cc4)n3)n2CC(C)C)cc1. The monoisotopic (exact) mass is 498 g/mol. The number of hydrogen-bond acceptors (Lipinski definition) is 6. The van der Waals surface area contributed by atoms with Crippen LogP contribution in [0.1, 0.15) is 37.9 Å². The molecule has 172 valence electrons. The Morgan fingerprint density at radius 3 is 2.52 bits per heavy atom. The summed E-state index contributed by atoms with van der Waals surface area (Å²) in [5.74, 6) is 2.89. The number of benzene rings is 2. The fraction of sp³-hybridized carbons (Fsp3) is 0.320.